The predicted molar refractivity (Wildman–Crippen MR) is 291 cm³/mol. The van der Waals surface area contributed by atoms with Gasteiger partial charge >= 0.3 is 0 Å². The lowest BCUT2D eigenvalue weighted by Crippen LogP contribution is -2.45. The Bertz CT molecular complexity index is 4180. The molecule has 0 fully saturated rings. The van der Waals surface area contributed by atoms with E-state index < -0.39 is 0 Å². The van der Waals surface area contributed by atoms with E-state index in [4.69, 9.17) is 0 Å². The van der Waals surface area contributed by atoms with Crippen LogP contribution in [0.2, 0.25) is 0 Å². The molecule has 0 aliphatic heterocycles. The van der Waals surface area contributed by atoms with Gasteiger partial charge in [-0.1, -0.05) is 219 Å². The normalized spacial score (nSPS) is 16.7. The predicted octanol–water partition coefficient (Wildman–Crippen LogP) is 16.1. The summed E-state index contributed by atoms with van der Waals surface area (Å²) >= 11 is 1.95. The number of nitrogens with zero attached hydrogens (tertiary/aromatic N) is 1. The average molecular weight is 884 g/mol. The van der Waals surface area contributed by atoms with Crippen LogP contribution in [0.3, 0.4) is 0 Å². The second-order valence-electron chi connectivity index (χ2n) is 18.8. The number of aromatic nitrogens is 1. The van der Waals surface area contributed by atoms with Gasteiger partial charge in [0.2, 0.25) is 0 Å². The third-order valence-corrected chi connectivity index (χ3v) is 16.4. The van der Waals surface area contributed by atoms with Crippen LogP contribution in [-0.4, -0.2) is 4.57 Å². The van der Waals surface area contributed by atoms with Crippen molar-refractivity contribution < 1.29 is 0 Å². The van der Waals surface area contributed by atoms with Crippen LogP contribution in [0.1, 0.15) is 18.1 Å². The molecule has 2 aliphatic carbocycles. The number of rotatable bonds is 6. The van der Waals surface area contributed by atoms with Crippen LogP contribution in [0.4, 0.5) is 0 Å². The number of para-hydroxylation sites is 3. The molecule has 0 amide bonds. The molecule has 12 aromatic rings. The summed E-state index contributed by atoms with van der Waals surface area (Å²) in [6, 6.07) is 79.0. The van der Waals surface area contributed by atoms with Crippen molar-refractivity contribution in [3.63, 3.8) is 0 Å². The Hall–Kier alpha value is -8.04. The summed E-state index contributed by atoms with van der Waals surface area (Å²) in [5, 5.41) is 13.0. The van der Waals surface area contributed by atoms with Crippen molar-refractivity contribution in [1.29, 1.82) is 0 Å². The second-order valence-corrected chi connectivity index (χ2v) is 19.9. The van der Waals surface area contributed by atoms with Crippen molar-refractivity contribution in [2.45, 2.75) is 13.3 Å². The van der Waals surface area contributed by atoms with Gasteiger partial charge < -0.3 is 4.57 Å². The molecule has 0 saturated carbocycles. The van der Waals surface area contributed by atoms with E-state index in [1.807, 2.05) is 11.3 Å². The molecule has 0 spiro atoms. The standard InChI is InChI=1S/C66H45NS/c1-66-39-17-16-35-58(66)57(40-44-22-18-32-54-47-26-14-15-36-59(47)67(64(44)54)45-23-6-3-7-24-45)46-25-8-13-31-53(46)63(66)56-34-19-33-55-48-38-37-43(41-60(48)68-65(55)56)62-51-29-11-9-27-49(51)61(42-20-4-2-5-21-42)50-28-10-12-30-52(50)62/h2-39,41,58H,40H2,1H3. The molecule has 2 unspecified atom stereocenters. The van der Waals surface area contributed by atoms with Crippen LogP contribution in [0, 0.1) is 11.3 Å². The first kappa shape index (κ1) is 39.2. The Morgan fingerprint density at radius 1 is 0.485 bits per heavy atom. The largest absolute Gasteiger partial charge is 0.309 e. The summed E-state index contributed by atoms with van der Waals surface area (Å²) < 4.78 is 5.15. The van der Waals surface area contributed by atoms with E-state index >= 15 is 0 Å². The van der Waals surface area contributed by atoms with E-state index in [9.17, 15) is 0 Å². The maximum atomic E-state index is 2.49. The molecule has 0 bridgehead atoms. The highest BCUT2D eigenvalue weighted by molar-refractivity contribution is 7.26. The minimum atomic E-state index is -0.285. The fraction of sp³-hybridized carbons (Fsp3) is 0.0606. The lowest BCUT2D eigenvalue weighted by molar-refractivity contribution is 0.472. The number of allylic oxidation sites excluding steroid dienone is 4. The monoisotopic (exact) mass is 883 g/mol. The van der Waals surface area contributed by atoms with Gasteiger partial charge in [-0.3, -0.25) is 0 Å². The van der Waals surface area contributed by atoms with Crippen LogP contribution in [0.15, 0.2) is 237 Å². The topological polar surface area (TPSA) is 4.93 Å². The van der Waals surface area contributed by atoms with Crippen LogP contribution in [-0.2, 0) is 6.42 Å². The van der Waals surface area contributed by atoms with Crippen molar-refractivity contribution in [2.75, 3.05) is 0 Å². The molecule has 320 valence electrons. The van der Waals surface area contributed by atoms with E-state index in [0.717, 1.165) is 6.42 Å². The van der Waals surface area contributed by atoms with E-state index in [-0.39, 0.29) is 11.3 Å². The SMILES string of the molecule is CC12C=CC=CC1C(Cc1cccc3c4ccccc4n(-c4ccccc4)c13)=c1ccccc1=C2c1cccc2c1sc1cc(-c3c4ccccc4c(-c4ccccc4)c4ccccc34)ccc12. The number of hydrogen-bond donors (Lipinski definition) is 0. The van der Waals surface area contributed by atoms with Crippen LogP contribution in [0.25, 0.3) is 103 Å². The van der Waals surface area contributed by atoms with E-state index in [1.165, 1.54) is 124 Å². The fourth-order valence-electron chi connectivity index (χ4n) is 12.3. The average Bonchev–Trinajstić information content (AvgIpc) is 3.94. The molecular weight excluding hydrogens is 839 g/mol. The molecule has 0 N–H and O–H groups in total. The number of hydrogen-bond acceptors (Lipinski definition) is 1. The lowest BCUT2D eigenvalue weighted by atomic mass is 9.61. The van der Waals surface area contributed by atoms with Gasteiger partial charge in [0.15, 0.2) is 0 Å². The molecule has 2 atom stereocenters. The summed E-state index contributed by atoms with van der Waals surface area (Å²) in [6.45, 7) is 2.49. The van der Waals surface area contributed by atoms with Gasteiger partial charge in [-0.05, 0) is 107 Å². The number of thiophene rings is 1. The molecule has 0 radical (unpaired) electrons. The Morgan fingerprint density at radius 2 is 1.09 bits per heavy atom. The fourth-order valence-corrected chi connectivity index (χ4v) is 13.6. The zero-order valence-electron chi connectivity index (χ0n) is 37.7. The summed E-state index contributed by atoms with van der Waals surface area (Å²) in [5.41, 5.74) is 14.1. The van der Waals surface area contributed by atoms with Crippen molar-refractivity contribution in [3.8, 4) is 27.9 Å². The minimum Gasteiger partial charge on any atom is -0.309 e. The van der Waals surface area contributed by atoms with Crippen molar-refractivity contribution in [1.82, 2.24) is 4.57 Å². The van der Waals surface area contributed by atoms with Gasteiger partial charge in [0.25, 0.3) is 0 Å². The first-order chi connectivity index (χ1) is 33.6. The first-order valence-corrected chi connectivity index (χ1v) is 24.7. The molecule has 2 heteroatoms. The molecule has 2 aliphatic rings. The molecule has 10 aromatic carbocycles. The number of benzene rings is 10. The van der Waals surface area contributed by atoms with Gasteiger partial charge in [-0.15, -0.1) is 11.3 Å². The van der Waals surface area contributed by atoms with Gasteiger partial charge in [-0.25, -0.2) is 0 Å². The van der Waals surface area contributed by atoms with Crippen LogP contribution >= 0.6 is 11.3 Å². The molecule has 1 nitrogen and oxygen atoms in total. The van der Waals surface area contributed by atoms with E-state index in [0.29, 0.717) is 0 Å². The highest BCUT2D eigenvalue weighted by atomic mass is 32.1. The van der Waals surface area contributed by atoms with Gasteiger partial charge in [0, 0.05) is 48.0 Å². The molecule has 14 rings (SSSR count). The van der Waals surface area contributed by atoms with E-state index in [1.54, 1.807) is 0 Å². The lowest BCUT2D eigenvalue weighted by Gasteiger charge is -2.42. The first-order valence-electron chi connectivity index (χ1n) is 23.8. The highest BCUT2D eigenvalue weighted by Crippen LogP contribution is 2.52. The Balaban J connectivity index is 0.985. The Labute approximate surface area is 399 Å². The quantitative estimate of drug-likeness (QED) is 0.147. The zero-order chi connectivity index (χ0) is 44.9. The zero-order valence-corrected chi connectivity index (χ0v) is 38.5. The summed E-state index contributed by atoms with van der Waals surface area (Å²) in [4.78, 5) is 0. The van der Waals surface area contributed by atoms with Gasteiger partial charge in [0.05, 0.1) is 11.0 Å². The summed E-state index contributed by atoms with van der Waals surface area (Å²) in [5.74, 6) is 0.166. The molecule has 2 heterocycles. The Kier molecular flexibility index (Phi) is 8.78. The molecular formula is C66H45NS. The third-order valence-electron chi connectivity index (χ3n) is 15.2. The van der Waals surface area contributed by atoms with Crippen LogP contribution in [0.5, 0.6) is 0 Å². The van der Waals surface area contributed by atoms with Gasteiger partial charge in [0.1, 0.15) is 0 Å². The maximum Gasteiger partial charge on any atom is 0.0576 e. The number of fused-ring (bicyclic) bond motifs is 10. The van der Waals surface area contributed by atoms with Crippen molar-refractivity contribution >= 4 is 86.0 Å². The van der Waals surface area contributed by atoms with Crippen molar-refractivity contribution in [3.05, 3.63) is 258 Å². The summed E-state index contributed by atoms with van der Waals surface area (Å²) in [7, 11) is 0. The Morgan fingerprint density at radius 3 is 1.84 bits per heavy atom. The summed E-state index contributed by atoms with van der Waals surface area (Å²) in [6.07, 6.45) is 10.4. The van der Waals surface area contributed by atoms with Crippen molar-refractivity contribution in [2.24, 2.45) is 11.3 Å². The van der Waals surface area contributed by atoms with E-state index in [2.05, 4.69) is 248 Å². The molecule has 2 aromatic heterocycles. The smallest absolute Gasteiger partial charge is 0.0576 e. The molecule has 0 saturated heterocycles. The minimum absolute atomic E-state index is 0.166. The second kappa shape index (κ2) is 15.3. The van der Waals surface area contributed by atoms with Crippen LogP contribution < -0.4 is 10.4 Å². The molecule has 68 heavy (non-hydrogen) atoms. The van der Waals surface area contributed by atoms with Gasteiger partial charge in [-0.2, -0.15) is 0 Å². The highest BCUT2D eigenvalue weighted by Gasteiger charge is 2.42. The maximum absolute atomic E-state index is 2.49. The third kappa shape index (κ3) is 5.74.